The third-order valence-corrected chi connectivity index (χ3v) is 4.15. The highest BCUT2D eigenvalue weighted by Gasteiger charge is 2.32. The zero-order valence-electron chi connectivity index (χ0n) is 12.0. The van der Waals surface area contributed by atoms with E-state index in [0.717, 1.165) is 19.0 Å². The number of hydrogen-bond donors (Lipinski definition) is 1. The van der Waals surface area contributed by atoms with Crippen molar-refractivity contribution in [1.29, 1.82) is 0 Å². The molecule has 1 heterocycles. The molecule has 0 radical (unpaired) electrons. The van der Waals surface area contributed by atoms with E-state index >= 15 is 0 Å². The lowest BCUT2D eigenvalue weighted by atomic mass is 9.89. The number of alkyl halides is 3. The van der Waals surface area contributed by atoms with Gasteiger partial charge in [-0.2, -0.15) is 13.2 Å². The minimum atomic E-state index is -4.29. The summed E-state index contributed by atoms with van der Waals surface area (Å²) in [4.78, 5) is 2.29. The number of nitrogens with zero attached hydrogens (tertiary/aromatic N) is 1. The van der Waals surface area contributed by atoms with E-state index in [2.05, 4.69) is 31.1 Å². The molecule has 0 saturated carbocycles. The molecule has 1 aliphatic heterocycles. The number of rotatable bonds is 2. The van der Waals surface area contributed by atoms with Gasteiger partial charge >= 0.3 is 6.18 Å². The summed E-state index contributed by atoms with van der Waals surface area (Å²) in [6.07, 6.45) is -3.35. The Balaban J connectivity index is 2.10. The summed E-state index contributed by atoms with van der Waals surface area (Å²) in [6, 6.07) is 6.10. The standard InChI is InChI=1S/C15H21F3N2/c1-10-9-20(3)11(2)7-14(10)19-13-6-4-5-12(8-13)15(16,17)18/h4-6,8,10-11,14,19H,7,9H2,1-3H3. The quantitative estimate of drug-likeness (QED) is 0.888. The zero-order chi connectivity index (χ0) is 14.9. The third-order valence-electron chi connectivity index (χ3n) is 4.15. The van der Waals surface area contributed by atoms with Crippen molar-refractivity contribution in [2.24, 2.45) is 5.92 Å². The Hall–Kier alpha value is -1.23. The summed E-state index contributed by atoms with van der Waals surface area (Å²) in [7, 11) is 2.08. The van der Waals surface area contributed by atoms with E-state index in [0.29, 0.717) is 17.6 Å². The first-order valence-corrected chi connectivity index (χ1v) is 6.91. The van der Waals surface area contributed by atoms with Crippen LogP contribution in [0.2, 0.25) is 0 Å². The number of anilines is 1. The molecule has 112 valence electrons. The topological polar surface area (TPSA) is 15.3 Å². The Labute approximate surface area is 118 Å². The molecule has 0 amide bonds. The lowest BCUT2D eigenvalue weighted by Crippen LogP contribution is -2.48. The van der Waals surface area contributed by atoms with Crippen molar-refractivity contribution in [2.45, 2.75) is 38.5 Å². The van der Waals surface area contributed by atoms with Crippen LogP contribution in [0.15, 0.2) is 24.3 Å². The van der Waals surface area contributed by atoms with Crippen molar-refractivity contribution in [3.63, 3.8) is 0 Å². The van der Waals surface area contributed by atoms with Crippen LogP contribution in [0.3, 0.4) is 0 Å². The van der Waals surface area contributed by atoms with E-state index in [1.165, 1.54) is 12.1 Å². The van der Waals surface area contributed by atoms with Crippen LogP contribution in [0, 0.1) is 5.92 Å². The van der Waals surface area contributed by atoms with E-state index in [4.69, 9.17) is 0 Å². The van der Waals surface area contributed by atoms with Gasteiger partial charge in [-0.05, 0) is 44.5 Å². The summed E-state index contributed by atoms with van der Waals surface area (Å²) in [5, 5.41) is 3.27. The minimum Gasteiger partial charge on any atom is -0.382 e. The molecule has 20 heavy (non-hydrogen) atoms. The highest BCUT2D eigenvalue weighted by atomic mass is 19.4. The molecule has 1 N–H and O–H groups in total. The molecule has 1 saturated heterocycles. The van der Waals surface area contributed by atoms with Crippen molar-refractivity contribution in [3.8, 4) is 0 Å². The molecule has 3 unspecified atom stereocenters. The molecular weight excluding hydrogens is 265 g/mol. The Kier molecular flexibility index (Phi) is 4.28. The second-order valence-electron chi connectivity index (χ2n) is 5.83. The van der Waals surface area contributed by atoms with Gasteiger partial charge in [-0.3, -0.25) is 0 Å². The number of benzene rings is 1. The van der Waals surface area contributed by atoms with E-state index in [9.17, 15) is 13.2 Å². The maximum atomic E-state index is 12.7. The zero-order valence-corrected chi connectivity index (χ0v) is 12.0. The predicted octanol–water partition coefficient (Wildman–Crippen LogP) is 3.85. The van der Waals surface area contributed by atoms with E-state index < -0.39 is 11.7 Å². The van der Waals surface area contributed by atoms with Gasteiger partial charge in [-0.15, -0.1) is 0 Å². The molecule has 0 aromatic heterocycles. The van der Waals surface area contributed by atoms with Gasteiger partial charge in [-0.25, -0.2) is 0 Å². The summed E-state index contributed by atoms with van der Waals surface area (Å²) >= 11 is 0. The van der Waals surface area contributed by atoms with Gasteiger partial charge in [0, 0.05) is 24.3 Å². The Morgan fingerprint density at radius 2 is 1.95 bits per heavy atom. The van der Waals surface area contributed by atoms with Crippen LogP contribution in [-0.2, 0) is 6.18 Å². The van der Waals surface area contributed by atoms with Gasteiger partial charge in [-0.1, -0.05) is 13.0 Å². The average molecular weight is 286 g/mol. The molecular formula is C15H21F3N2. The van der Waals surface area contributed by atoms with Gasteiger partial charge in [0.15, 0.2) is 0 Å². The molecule has 2 nitrogen and oxygen atoms in total. The highest BCUT2D eigenvalue weighted by Crippen LogP contribution is 2.31. The largest absolute Gasteiger partial charge is 0.416 e. The van der Waals surface area contributed by atoms with Gasteiger partial charge in [0.2, 0.25) is 0 Å². The van der Waals surface area contributed by atoms with Crippen LogP contribution in [0.4, 0.5) is 18.9 Å². The Bertz CT molecular complexity index is 459. The molecule has 0 spiro atoms. The van der Waals surface area contributed by atoms with Crippen LogP contribution in [0.5, 0.6) is 0 Å². The molecule has 0 aliphatic carbocycles. The summed E-state index contributed by atoms with van der Waals surface area (Å²) in [6.45, 7) is 5.23. The van der Waals surface area contributed by atoms with Crippen LogP contribution < -0.4 is 5.32 Å². The first-order chi connectivity index (χ1) is 9.27. The van der Waals surface area contributed by atoms with Crippen molar-refractivity contribution >= 4 is 5.69 Å². The van der Waals surface area contributed by atoms with Crippen molar-refractivity contribution < 1.29 is 13.2 Å². The monoisotopic (exact) mass is 286 g/mol. The fraction of sp³-hybridized carbons (Fsp3) is 0.600. The average Bonchev–Trinajstić information content (AvgIpc) is 2.35. The molecule has 1 aromatic carbocycles. The first-order valence-electron chi connectivity index (χ1n) is 6.91. The minimum absolute atomic E-state index is 0.213. The maximum Gasteiger partial charge on any atom is 0.416 e. The van der Waals surface area contributed by atoms with Gasteiger partial charge in [0.25, 0.3) is 0 Å². The lowest BCUT2D eigenvalue weighted by Gasteiger charge is -2.40. The van der Waals surface area contributed by atoms with Crippen LogP contribution in [0.1, 0.15) is 25.8 Å². The first kappa shape index (κ1) is 15.2. The number of likely N-dealkylation sites (tertiary alicyclic amines) is 1. The molecule has 1 aliphatic rings. The smallest absolute Gasteiger partial charge is 0.382 e. The maximum absolute atomic E-state index is 12.7. The molecule has 3 atom stereocenters. The predicted molar refractivity (Wildman–Crippen MR) is 74.7 cm³/mol. The third kappa shape index (κ3) is 3.45. The summed E-state index contributed by atoms with van der Waals surface area (Å²) < 4.78 is 38.1. The van der Waals surface area contributed by atoms with Crippen LogP contribution >= 0.6 is 0 Å². The number of halogens is 3. The van der Waals surface area contributed by atoms with Gasteiger partial charge < -0.3 is 10.2 Å². The summed E-state index contributed by atoms with van der Waals surface area (Å²) in [5.41, 5.74) is -0.0513. The number of nitrogens with one attached hydrogen (secondary N) is 1. The number of hydrogen-bond acceptors (Lipinski definition) is 2. The molecule has 2 rings (SSSR count). The normalized spacial score (nSPS) is 28.4. The second-order valence-corrected chi connectivity index (χ2v) is 5.83. The second kappa shape index (κ2) is 5.64. The van der Waals surface area contributed by atoms with Gasteiger partial charge in [0.05, 0.1) is 5.56 Å². The van der Waals surface area contributed by atoms with E-state index in [1.54, 1.807) is 6.07 Å². The van der Waals surface area contributed by atoms with E-state index in [-0.39, 0.29) is 6.04 Å². The summed E-state index contributed by atoms with van der Waals surface area (Å²) in [5.74, 6) is 0.408. The lowest BCUT2D eigenvalue weighted by molar-refractivity contribution is -0.137. The highest BCUT2D eigenvalue weighted by molar-refractivity contribution is 5.47. The van der Waals surface area contributed by atoms with Crippen molar-refractivity contribution in [1.82, 2.24) is 4.90 Å². The number of piperidine rings is 1. The van der Waals surface area contributed by atoms with E-state index in [1.807, 2.05) is 0 Å². The fourth-order valence-electron chi connectivity index (χ4n) is 2.74. The van der Waals surface area contributed by atoms with Crippen LogP contribution in [0.25, 0.3) is 0 Å². The van der Waals surface area contributed by atoms with Crippen molar-refractivity contribution in [2.75, 3.05) is 18.9 Å². The Morgan fingerprint density at radius 1 is 1.25 bits per heavy atom. The fourth-order valence-corrected chi connectivity index (χ4v) is 2.74. The van der Waals surface area contributed by atoms with Gasteiger partial charge in [0.1, 0.15) is 0 Å². The SMILES string of the molecule is CC1CN(C)C(C)CC1Nc1cccc(C(F)(F)F)c1. The molecule has 0 bridgehead atoms. The Morgan fingerprint density at radius 3 is 2.60 bits per heavy atom. The van der Waals surface area contributed by atoms with Crippen LogP contribution in [-0.4, -0.2) is 30.6 Å². The van der Waals surface area contributed by atoms with Crippen molar-refractivity contribution in [3.05, 3.63) is 29.8 Å². The molecule has 5 heteroatoms. The molecule has 1 aromatic rings. The molecule has 1 fully saturated rings.